The van der Waals surface area contributed by atoms with E-state index in [-0.39, 0.29) is 34.0 Å². The summed E-state index contributed by atoms with van der Waals surface area (Å²) in [5.74, 6) is -1.85. The molecule has 0 spiro atoms. The summed E-state index contributed by atoms with van der Waals surface area (Å²) in [6.07, 6.45) is 0. The van der Waals surface area contributed by atoms with Crippen molar-refractivity contribution in [1.82, 2.24) is 0 Å². The average molecular weight is 448 g/mol. The molecule has 0 saturated heterocycles. The zero-order valence-corrected chi connectivity index (χ0v) is 17.6. The van der Waals surface area contributed by atoms with E-state index >= 15 is 0 Å². The van der Waals surface area contributed by atoms with Gasteiger partial charge in [0.25, 0.3) is 0 Å². The molecule has 4 aromatic rings. The first-order valence-electron chi connectivity index (χ1n) is 10.4. The quantitative estimate of drug-likeness (QED) is 0.335. The molecule has 4 aromatic carbocycles. The van der Waals surface area contributed by atoms with Gasteiger partial charge in [-0.25, -0.2) is 0 Å². The van der Waals surface area contributed by atoms with Crippen LogP contribution in [0.25, 0.3) is 0 Å². The van der Waals surface area contributed by atoms with Crippen molar-refractivity contribution in [3.63, 3.8) is 0 Å². The highest BCUT2D eigenvalue weighted by Crippen LogP contribution is 2.37. The molecule has 34 heavy (non-hydrogen) atoms. The van der Waals surface area contributed by atoms with E-state index in [1.807, 2.05) is 0 Å². The standard InChI is InChI=1S/C14H8O4.C14H8O2/c15-10-6-5-9-11(14(10)18)13(17)8-4-2-1-3-7(8)12(9)16;15-13-9-5-1-2-6-10(9)14(16)12-8-4-3-7-11(12)13/h1-6,15,18H;1-8H. The second kappa shape index (κ2) is 7.94. The molecule has 0 aromatic heterocycles. The Balaban J connectivity index is 0.000000142. The van der Waals surface area contributed by atoms with Crippen molar-refractivity contribution in [1.29, 1.82) is 0 Å². The van der Waals surface area contributed by atoms with Crippen LogP contribution >= 0.6 is 0 Å². The van der Waals surface area contributed by atoms with Crippen LogP contribution in [0.15, 0.2) is 84.9 Å². The van der Waals surface area contributed by atoms with Crippen molar-refractivity contribution in [3.05, 3.63) is 129 Å². The van der Waals surface area contributed by atoms with Crippen LogP contribution in [0, 0.1) is 0 Å². The Kier molecular flexibility index (Phi) is 4.91. The summed E-state index contributed by atoms with van der Waals surface area (Å²) in [6, 6.07) is 22.9. The van der Waals surface area contributed by atoms with Gasteiger partial charge in [-0.2, -0.15) is 0 Å². The van der Waals surface area contributed by atoms with E-state index in [0.29, 0.717) is 27.8 Å². The first-order chi connectivity index (χ1) is 16.4. The van der Waals surface area contributed by atoms with Crippen LogP contribution in [0.4, 0.5) is 0 Å². The molecule has 6 nitrogen and oxygen atoms in total. The summed E-state index contributed by atoms with van der Waals surface area (Å²) < 4.78 is 0. The number of carbonyl (C=O) groups is 4. The van der Waals surface area contributed by atoms with E-state index in [2.05, 4.69) is 0 Å². The molecule has 2 aliphatic carbocycles. The molecule has 0 radical (unpaired) electrons. The molecule has 0 saturated carbocycles. The van der Waals surface area contributed by atoms with Crippen LogP contribution in [0.1, 0.15) is 63.7 Å². The predicted molar refractivity (Wildman–Crippen MR) is 123 cm³/mol. The highest BCUT2D eigenvalue weighted by atomic mass is 16.3. The number of benzene rings is 4. The Morgan fingerprint density at radius 1 is 0.382 bits per heavy atom. The highest BCUT2D eigenvalue weighted by molar-refractivity contribution is 6.30. The normalized spacial score (nSPS) is 13.2. The van der Waals surface area contributed by atoms with E-state index in [0.717, 1.165) is 0 Å². The lowest BCUT2D eigenvalue weighted by atomic mass is 9.83. The molecule has 6 heteroatoms. The van der Waals surface area contributed by atoms with Crippen LogP contribution in [0.3, 0.4) is 0 Å². The third-order valence-corrected chi connectivity index (χ3v) is 5.88. The highest BCUT2D eigenvalue weighted by Gasteiger charge is 2.32. The van der Waals surface area contributed by atoms with Crippen molar-refractivity contribution in [2.75, 3.05) is 0 Å². The van der Waals surface area contributed by atoms with Crippen molar-refractivity contribution in [3.8, 4) is 11.5 Å². The minimum Gasteiger partial charge on any atom is -0.504 e. The summed E-state index contributed by atoms with van der Waals surface area (Å²) in [5, 5.41) is 19.1. The molecule has 0 unspecified atom stereocenters. The molecule has 0 bridgehead atoms. The van der Waals surface area contributed by atoms with Crippen LogP contribution in [0.2, 0.25) is 0 Å². The van der Waals surface area contributed by atoms with Gasteiger partial charge in [0.2, 0.25) is 0 Å². The fourth-order valence-corrected chi connectivity index (χ4v) is 4.21. The Morgan fingerprint density at radius 2 is 0.706 bits per heavy atom. The summed E-state index contributed by atoms with van der Waals surface area (Å²) in [6.45, 7) is 0. The van der Waals surface area contributed by atoms with Gasteiger partial charge >= 0.3 is 0 Å². The monoisotopic (exact) mass is 448 g/mol. The molecule has 0 heterocycles. The minimum absolute atomic E-state index is 0.0641. The smallest absolute Gasteiger partial charge is 0.198 e. The molecule has 2 aliphatic rings. The molecule has 164 valence electrons. The summed E-state index contributed by atoms with van der Waals surface area (Å²) in [4.78, 5) is 48.6. The van der Waals surface area contributed by atoms with E-state index in [1.54, 1.807) is 66.7 Å². The van der Waals surface area contributed by atoms with Gasteiger partial charge in [0.05, 0.1) is 5.56 Å². The minimum atomic E-state index is -0.541. The maximum Gasteiger partial charge on any atom is 0.198 e. The zero-order chi connectivity index (χ0) is 24.0. The lowest BCUT2D eigenvalue weighted by molar-refractivity contribution is 0.0976. The molecule has 2 N–H and O–H groups in total. The Bertz CT molecular complexity index is 1440. The molecule has 0 aliphatic heterocycles. The maximum absolute atomic E-state index is 12.2. The lowest BCUT2D eigenvalue weighted by Gasteiger charge is -2.18. The van der Waals surface area contributed by atoms with Crippen molar-refractivity contribution >= 4 is 23.1 Å². The number of hydrogen-bond acceptors (Lipinski definition) is 6. The topological polar surface area (TPSA) is 109 Å². The summed E-state index contributed by atoms with van der Waals surface area (Å²) >= 11 is 0. The van der Waals surface area contributed by atoms with E-state index in [9.17, 15) is 29.4 Å². The van der Waals surface area contributed by atoms with Crippen molar-refractivity contribution < 1.29 is 29.4 Å². The Hall–Kier alpha value is -4.84. The SMILES string of the molecule is O=C1c2ccccc2C(=O)c2c1ccc(O)c2O.O=C1c2ccccc2C(=O)c2ccccc21. The number of rotatable bonds is 0. The van der Waals surface area contributed by atoms with E-state index < -0.39 is 17.3 Å². The molecule has 0 atom stereocenters. The van der Waals surface area contributed by atoms with E-state index in [4.69, 9.17) is 0 Å². The van der Waals surface area contributed by atoms with Crippen LogP contribution in [-0.4, -0.2) is 33.3 Å². The molecule has 0 amide bonds. The van der Waals surface area contributed by atoms with Gasteiger partial charge in [-0.05, 0) is 12.1 Å². The van der Waals surface area contributed by atoms with Gasteiger partial charge in [0.15, 0.2) is 34.6 Å². The molecule has 6 rings (SSSR count). The Morgan fingerprint density at radius 3 is 1.09 bits per heavy atom. The molecule has 0 fully saturated rings. The van der Waals surface area contributed by atoms with Crippen LogP contribution in [-0.2, 0) is 0 Å². The number of aromatic hydroxyl groups is 2. The second-order valence-electron chi connectivity index (χ2n) is 7.81. The zero-order valence-electron chi connectivity index (χ0n) is 17.6. The second-order valence-corrected chi connectivity index (χ2v) is 7.81. The van der Waals surface area contributed by atoms with Crippen LogP contribution in [0.5, 0.6) is 11.5 Å². The van der Waals surface area contributed by atoms with Gasteiger partial charge in [-0.15, -0.1) is 0 Å². The predicted octanol–water partition coefficient (Wildman–Crippen LogP) is 4.34. The van der Waals surface area contributed by atoms with Crippen molar-refractivity contribution in [2.24, 2.45) is 0 Å². The number of carbonyl (C=O) groups excluding carboxylic acids is 4. The summed E-state index contributed by atoms with van der Waals surface area (Å²) in [7, 11) is 0. The maximum atomic E-state index is 12.2. The van der Waals surface area contributed by atoms with Gasteiger partial charge in [0, 0.05) is 38.9 Å². The van der Waals surface area contributed by atoms with Crippen LogP contribution < -0.4 is 0 Å². The van der Waals surface area contributed by atoms with E-state index in [1.165, 1.54) is 18.2 Å². The number of phenolic OH excluding ortho intramolecular Hbond substituents is 2. The first-order valence-corrected chi connectivity index (χ1v) is 10.4. The number of ketones is 4. The number of fused-ring (bicyclic) bond motifs is 4. The molecular weight excluding hydrogens is 432 g/mol. The third kappa shape index (κ3) is 3.12. The fraction of sp³-hybridized carbons (Fsp3) is 0. The van der Waals surface area contributed by atoms with Gasteiger partial charge in [-0.1, -0.05) is 72.8 Å². The van der Waals surface area contributed by atoms with Gasteiger partial charge in [0.1, 0.15) is 0 Å². The largest absolute Gasteiger partial charge is 0.504 e. The number of hydrogen-bond donors (Lipinski definition) is 2. The number of phenols is 2. The first kappa shape index (κ1) is 21.0. The fourth-order valence-electron chi connectivity index (χ4n) is 4.21. The lowest BCUT2D eigenvalue weighted by Crippen LogP contribution is -2.20. The third-order valence-electron chi connectivity index (χ3n) is 5.88. The Labute approximate surface area is 193 Å². The van der Waals surface area contributed by atoms with Crippen molar-refractivity contribution in [2.45, 2.75) is 0 Å². The van der Waals surface area contributed by atoms with Gasteiger partial charge in [-0.3, -0.25) is 19.2 Å². The van der Waals surface area contributed by atoms with Gasteiger partial charge < -0.3 is 10.2 Å². The summed E-state index contributed by atoms with van der Waals surface area (Å²) in [5.41, 5.74) is 2.58. The average Bonchev–Trinajstić information content (AvgIpc) is 2.88. The molecular formula is C28H16O6.